The van der Waals surface area contributed by atoms with Crippen molar-refractivity contribution in [3.05, 3.63) is 90.8 Å². The Morgan fingerprint density at radius 2 is 1.54 bits per heavy atom. The minimum atomic E-state index is -3.55. The molecule has 0 N–H and O–H groups in total. The van der Waals surface area contributed by atoms with Gasteiger partial charge < -0.3 is 0 Å². The lowest BCUT2D eigenvalue weighted by atomic mass is 10.1. The number of nitrogens with zero attached hydrogens (tertiary/aromatic N) is 3. The van der Waals surface area contributed by atoms with Crippen LogP contribution in [0.25, 0.3) is 16.7 Å². The molecule has 5 nitrogen and oxygen atoms in total. The lowest BCUT2D eigenvalue weighted by Gasteiger charge is -2.25. The maximum atomic E-state index is 12.9. The van der Waals surface area contributed by atoms with Crippen LogP contribution < -0.4 is 0 Å². The number of sulfonamides is 1. The molecule has 0 aliphatic heterocycles. The lowest BCUT2D eigenvalue weighted by Crippen LogP contribution is -2.29. The third-order valence-electron chi connectivity index (χ3n) is 5.07. The van der Waals surface area contributed by atoms with Crippen molar-refractivity contribution in [1.82, 2.24) is 13.9 Å². The standard InChI is InChI=1S/C22H21N3O2S/c1-17(24(2)28(26,27)20-8-4-3-5-9-20)18-12-14-19(15-13-18)25-16-23-21-10-6-7-11-22(21)25/h3-17H,1-2H3/t17-/m0/s1. The summed E-state index contributed by atoms with van der Waals surface area (Å²) in [6, 6.07) is 24.1. The van der Waals surface area contributed by atoms with Gasteiger partial charge in [-0.2, -0.15) is 4.31 Å². The minimum absolute atomic E-state index is 0.293. The second-order valence-electron chi connectivity index (χ2n) is 6.71. The van der Waals surface area contributed by atoms with Gasteiger partial charge in [0, 0.05) is 18.8 Å². The van der Waals surface area contributed by atoms with Gasteiger partial charge in [-0.1, -0.05) is 42.5 Å². The number of hydrogen-bond donors (Lipinski definition) is 0. The van der Waals surface area contributed by atoms with Crippen LogP contribution in [0.3, 0.4) is 0 Å². The molecule has 4 rings (SSSR count). The first kappa shape index (κ1) is 18.4. The van der Waals surface area contributed by atoms with E-state index in [1.54, 1.807) is 43.7 Å². The lowest BCUT2D eigenvalue weighted by molar-refractivity contribution is 0.398. The van der Waals surface area contributed by atoms with Gasteiger partial charge in [0.1, 0.15) is 6.33 Å². The molecule has 0 unspecified atom stereocenters. The first-order valence-electron chi connectivity index (χ1n) is 9.04. The van der Waals surface area contributed by atoms with E-state index < -0.39 is 10.0 Å². The molecular formula is C22H21N3O2S. The summed E-state index contributed by atoms with van der Waals surface area (Å²) in [5.41, 5.74) is 3.88. The largest absolute Gasteiger partial charge is 0.299 e. The molecule has 0 aliphatic carbocycles. The van der Waals surface area contributed by atoms with Gasteiger partial charge >= 0.3 is 0 Å². The summed E-state index contributed by atoms with van der Waals surface area (Å²) in [5.74, 6) is 0. The van der Waals surface area contributed by atoms with Crippen molar-refractivity contribution in [2.45, 2.75) is 17.9 Å². The highest BCUT2D eigenvalue weighted by molar-refractivity contribution is 7.89. The van der Waals surface area contributed by atoms with E-state index in [1.807, 2.05) is 60.0 Å². The average molecular weight is 391 g/mol. The zero-order chi connectivity index (χ0) is 19.7. The van der Waals surface area contributed by atoms with Crippen LogP contribution in [0.5, 0.6) is 0 Å². The van der Waals surface area contributed by atoms with Crippen LogP contribution in [-0.2, 0) is 10.0 Å². The fourth-order valence-electron chi connectivity index (χ4n) is 3.26. The highest BCUT2D eigenvalue weighted by Crippen LogP contribution is 2.27. The van der Waals surface area contributed by atoms with Crippen LogP contribution >= 0.6 is 0 Å². The van der Waals surface area contributed by atoms with Gasteiger partial charge in [-0.15, -0.1) is 0 Å². The van der Waals surface area contributed by atoms with Crippen LogP contribution in [-0.4, -0.2) is 29.3 Å². The summed E-state index contributed by atoms with van der Waals surface area (Å²) in [6.07, 6.45) is 1.80. The Bertz CT molecular complexity index is 1200. The summed E-state index contributed by atoms with van der Waals surface area (Å²) in [7, 11) is -1.94. The number of para-hydroxylation sites is 2. The molecule has 1 heterocycles. The Labute approximate surface area is 164 Å². The maximum absolute atomic E-state index is 12.9. The van der Waals surface area contributed by atoms with Crippen molar-refractivity contribution in [1.29, 1.82) is 0 Å². The second kappa shape index (κ2) is 7.22. The van der Waals surface area contributed by atoms with Crippen molar-refractivity contribution in [2.75, 3.05) is 7.05 Å². The molecule has 6 heteroatoms. The van der Waals surface area contributed by atoms with Crippen molar-refractivity contribution in [2.24, 2.45) is 0 Å². The Hall–Kier alpha value is -2.96. The number of hydrogen-bond acceptors (Lipinski definition) is 3. The molecule has 0 spiro atoms. The van der Waals surface area contributed by atoms with Gasteiger partial charge in [0.05, 0.1) is 15.9 Å². The molecule has 0 aliphatic rings. The minimum Gasteiger partial charge on any atom is -0.299 e. The molecular weight excluding hydrogens is 370 g/mol. The molecule has 0 radical (unpaired) electrons. The summed E-state index contributed by atoms with van der Waals surface area (Å²) in [5, 5.41) is 0. The highest BCUT2D eigenvalue weighted by Gasteiger charge is 2.26. The Morgan fingerprint density at radius 1 is 0.893 bits per heavy atom. The fourth-order valence-corrected chi connectivity index (χ4v) is 4.63. The molecule has 1 aromatic heterocycles. The summed E-state index contributed by atoms with van der Waals surface area (Å²) < 4.78 is 29.1. The molecule has 0 fully saturated rings. The number of imidazole rings is 1. The van der Waals surface area contributed by atoms with Crippen LogP contribution in [0.1, 0.15) is 18.5 Å². The van der Waals surface area contributed by atoms with Crippen molar-refractivity contribution in [3.8, 4) is 5.69 Å². The van der Waals surface area contributed by atoms with E-state index in [0.29, 0.717) is 4.90 Å². The molecule has 3 aromatic carbocycles. The van der Waals surface area contributed by atoms with Gasteiger partial charge in [-0.3, -0.25) is 4.57 Å². The van der Waals surface area contributed by atoms with Gasteiger partial charge in [-0.05, 0) is 48.9 Å². The summed E-state index contributed by atoms with van der Waals surface area (Å²) in [6.45, 7) is 1.89. The summed E-state index contributed by atoms with van der Waals surface area (Å²) >= 11 is 0. The average Bonchev–Trinajstić information content (AvgIpc) is 3.17. The molecule has 28 heavy (non-hydrogen) atoms. The van der Waals surface area contributed by atoms with Gasteiger partial charge in [0.15, 0.2) is 0 Å². The van der Waals surface area contributed by atoms with E-state index in [9.17, 15) is 8.42 Å². The molecule has 0 saturated heterocycles. The number of benzene rings is 3. The van der Waals surface area contributed by atoms with Crippen LogP contribution in [0.4, 0.5) is 0 Å². The fraction of sp³-hybridized carbons (Fsp3) is 0.136. The van der Waals surface area contributed by atoms with Crippen molar-refractivity contribution < 1.29 is 8.42 Å². The molecule has 0 saturated carbocycles. The topological polar surface area (TPSA) is 55.2 Å². The van der Waals surface area contributed by atoms with Crippen LogP contribution in [0, 0.1) is 0 Å². The van der Waals surface area contributed by atoms with Gasteiger partial charge in [0.25, 0.3) is 0 Å². The van der Waals surface area contributed by atoms with E-state index >= 15 is 0 Å². The van der Waals surface area contributed by atoms with Crippen LogP contribution in [0.2, 0.25) is 0 Å². The molecule has 1 atom stereocenters. The SMILES string of the molecule is C[C@@H](c1ccc(-n2cnc3ccccc32)cc1)N(C)S(=O)(=O)c1ccccc1. The first-order chi connectivity index (χ1) is 13.5. The van der Waals surface area contributed by atoms with E-state index in [0.717, 1.165) is 22.3 Å². The van der Waals surface area contributed by atoms with E-state index in [2.05, 4.69) is 4.98 Å². The number of fused-ring (bicyclic) bond motifs is 1. The molecule has 0 amide bonds. The zero-order valence-electron chi connectivity index (χ0n) is 15.7. The van der Waals surface area contributed by atoms with Gasteiger partial charge in [-0.25, -0.2) is 13.4 Å². The normalized spacial score (nSPS) is 13.1. The zero-order valence-corrected chi connectivity index (χ0v) is 16.5. The smallest absolute Gasteiger partial charge is 0.243 e. The third-order valence-corrected chi connectivity index (χ3v) is 7.02. The monoisotopic (exact) mass is 391 g/mol. The Morgan fingerprint density at radius 3 is 2.25 bits per heavy atom. The maximum Gasteiger partial charge on any atom is 0.243 e. The molecule has 142 valence electrons. The van der Waals surface area contributed by atoms with Gasteiger partial charge in [0.2, 0.25) is 10.0 Å². The quantitative estimate of drug-likeness (QED) is 0.506. The summed E-state index contributed by atoms with van der Waals surface area (Å²) in [4.78, 5) is 4.72. The molecule has 4 aromatic rings. The molecule has 0 bridgehead atoms. The second-order valence-corrected chi connectivity index (χ2v) is 8.70. The van der Waals surface area contributed by atoms with Crippen molar-refractivity contribution in [3.63, 3.8) is 0 Å². The number of rotatable bonds is 5. The predicted octanol–water partition coefficient (Wildman–Crippen LogP) is 4.41. The van der Waals surface area contributed by atoms with E-state index in [-0.39, 0.29) is 6.04 Å². The first-order valence-corrected chi connectivity index (χ1v) is 10.5. The third kappa shape index (κ3) is 3.21. The number of aromatic nitrogens is 2. The predicted molar refractivity (Wildman–Crippen MR) is 111 cm³/mol. The Balaban J connectivity index is 1.62. The highest BCUT2D eigenvalue weighted by atomic mass is 32.2. The van der Waals surface area contributed by atoms with E-state index in [4.69, 9.17) is 0 Å². The van der Waals surface area contributed by atoms with Crippen LogP contribution in [0.15, 0.2) is 90.1 Å². The van der Waals surface area contributed by atoms with E-state index in [1.165, 1.54) is 4.31 Å². The van der Waals surface area contributed by atoms with Crippen molar-refractivity contribution >= 4 is 21.1 Å². The Kier molecular flexibility index (Phi) is 4.75.